The molecular weight excluding hydrogens is 282 g/mol. The predicted octanol–water partition coefficient (Wildman–Crippen LogP) is 1.61. The summed E-state index contributed by atoms with van der Waals surface area (Å²) in [7, 11) is -3.40. The summed E-state index contributed by atoms with van der Waals surface area (Å²) in [5.74, 6) is 0.628. The summed E-state index contributed by atoms with van der Waals surface area (Å²) in [4.78, 5) is 13.7. The quantitative estimate of drug-likeness (QED) is 0.725. The Morgan fingerprint density at radius 2 is 1.65 bits per heavy atom. The van der Waals surface area contributed by atoms with Crippen molar-refractivity contribution in [1.29, 1.82) is 0 Å². The molecule has 1 saturated carbocycles. The molecular formula is C13H23NO5S. The van der Waals surface area contributed by atoms with E-state index >= 15 is 0 Å². The van der Waals surface area contributed by atoms with Crippen LogP contribution in [0.15, 0.2) is 0 Å². The highest BCUT2D eigenvalue weighted by Gasteiger charge is 2.44. The van der Waals surface area contributed by atoms with Crippen LogP contribution in [0.25, 0.3) is 0 Å². The second-order valence-electron chi connectivity index (χ2n) is 6.80. The maximum atomic E-state index is 12.0. The average Bonchev–Trinajstić information content (AvgIpc) is 2.68. The van der Waals surface area contributed by atoms with E-state index in [9.17, 15) is 13.2 Å². The summed E-state index contributed by atoms with van der Waals surface area (Å²) in [6, 6.07) is 0. The van der Waals surface area contributed by atoms with E-state index in [1.54, 1.807) is 4.90 Å². The molecule has 7 heteroatoms. The fraction of sp³-hybridized carbons (Fsp3) is 0.923. The first-order valence-corrected chi connectivity index (χ1v) is 8.71. The maximum absolute atomic E-state index is 12.0. The number of nitrogens with zero attached hydrogens (tertiary/aromatic N) is 1. The number of rotatable bonds is 2. The average molecular weight is 305 g/mol. The van der Waals surface area contributed by atoms with Crippen LogP contribution in [0.2, 0.25) is 0 Å². The first kappa shape index (κ1) is 15.6. The molecule has 1 saturated heterocycles. The Morgan fingerprint density at radius 1 is 1.15 bits per heavy atom. The third kappa shape index (κ3) is 4.09. The van der Waals surface area contributed by atoms with E-state index in [1.165, 1.54) is 0 Å². The smallest absolute Gasteiger partial charge is 0.410 e. The summed E-state index contributed by atoms with van der Waals surface area (Å²) >= 11 is 0. The van der Waals surface area contributed by atoms with Crippen LogP contribution in [0.3, 0.4) is 0 Å². The van der Waals surface area contributed by atoms with Crippen LogP contribution in [0.4, 0.5) is 4.79 Å². The number of fused-ring (bicyclic) bond motifs is 1. The normalized spacial score (nSPS) is 30.4. The van der Waals surface area contributed by atoms with Crippen LogP contribution >= 0.6 is 0 Å². The minimum absolute atomic E-state index is 0.235. The van der Waals surface area contributed by atoms with Crippen molar-refractivity contribution in [2.75, 3.05) is 19.3 Å². The number of likely N-dealkylation sites (tertiary alicyclic amines) is 1. The molecule has 20 heavy (non-hydrogen) atoms. The molecule has 6 nitrogen and oxygen atoms in total. The zero-order chi connectivity index (χ0) is 15.1. The van der Waals surface area contributed by atoms with Crippen molar-refractivity contribution in [2.45, 2.75) is 45.3 Å². The van der Waals surface area contributed by atoms with Gasteiger partial charge < -0.3 is 9.64 Å². The van der Waals surface area contributed by atoms with Crippen molar-refractivity contribution in [3.05, 3.63) is 0 Å². The van der Waals surface area contributed by atoms with Crippen LogP contribution in [0.5, 0.6) is 0 Å². The molecule has 2 unspecified atom stereocenters. The molecule has 0 spiro atoms. The van der Waals surface area contributed by atoms with Gasteiger partial charge >= 0.3 is 6.09 Å². The lowest BCUT2D eigenvalue weighted by molar-refractivity contribution is 0.0272. The monoisotopic (exact) mass is 305 g/mol. The van der Waals surface area contributed by atoms with Gasteiger partial charge in [-0.25, -0.2) is 4.79 Å². The maximum Gasteiger partial charge on any atom is 0.410 e. The Kier molecular flexibility index (Phi) is 4.03. The number of carbonyl (C=O) groups is 1. The SMILES string of the molecule is CC(C)(C)OC(=O)N1CC2CC(OS(C)(=O)=O)C[C@H]2C1. The van der Waals surface area contributed by atoms with Gasteiger partial charge in [0.15, 0.2) is 0 Å². The van der Waals surface area contributed by atoms with E-state index in [1.807, 2.05) is 20.8 Å². The Balaban J connectivity index is 1.87. The molecule has 2 fully saturated rings. The zero-order valence-corrected chi connectivity index (χ0v) is 13.3. The molecule has 0 aromatic heterocycles. The van der Waals surface area contributed by atoms with Crippen LogP contribution in [-0.4, -0.2) is 50.5 Å². The third-order valence-corrected chi connectivity index (χ3v) is 4.29. The second-order valence-corrected chi connectivity index (χ2v) is 8.40. The number of carbonyl (C=O) groups excluding carboxylic acids is 1. The first-order chi connectivity index (χ1) is 9.03. The Morgan fingerprint density at radius 3 is 2.05 bits per heavy atom. The topological polar surface area (TPSA) is 72.9 Å². The molecule has 116 valence electrons. The highest BCUT2D eigenvalue weighted by atomic mass is 32.2. The van der Waals surface area contributed by atoms with Gasteiger partial charge in [0.1, 0.15) is 5.60 Å². The van der Waals surface area contributed by atoms with Crippen LogP contribution in [0.1, 0.15) is 33.6 Å². The molecule has 2 aliphatic rings. The van der Waals surface area contributed by atoms with E-state index < -0.39 is 15.7 Å². The van der Waals surface area contributed by atoms with E-state index in [0.29, 0.717) is 37.8 Å². The number of hydrogen-bond acceptors (Lipinski definition) is 5. The lowest BCUT2D eigenvalue weighted by Gasteiger charge is -2.25. The van der Waals surface area contributed by atoms with Crippen LogP contribution in [-0.2, 0) is 19.0 Å². The number of amides is 1. The summed E-state index contributed by atoms with van der Waals surface area (Å²) in [5, 5.41) is 0. The number of hydrogen-bond donors (Lipinski definition) is 0. The van der Waals surface area contributed by atoms with Gasteiger partial charge in [0.2, 0.25) is 0 Å². The minimum atomic E-state index is -3.40. The Bertz CT molecular complexity index is 467. The van der Waals surface area contributed by atoms with Crippen molar-refractivity contribution in [3.63, 3.8) is 0 Å². The second kappa shape index (κ2) is 5.18. The predicted molar refractivity (Wildman–Crippen MR) is 73.7 cm³/mol. The molecule has 1 aliphatic carbocycles. The van der Waals surface area contributed by atoms with E-state index in [4.69, 9.17) is 8.92 Å². The van der Waals surface area contributed by atoms with Gasteiger partial charge in [0.05, 0.1) is 12.4 Å². The van der Waals surface area contributed by atoms with Crippen LogP contribution < -0.4 is 0 Å². The van der Waals surface area contributed by atoms with Crippen molar-refractivity contribution in [1.82, 2.24) is 4.90 Å². The van der Waals surface area contributed by atoms with Gasteiger partial charge in [-0.2, -0.15) is 8.42 Å². The molecule has 1 amide bonds. The fourth-order valence-corrected chi connectivity index (χ4v) is 3.70. The van der Waals surface area contributed by atoms with Crippen molar-refractivity contribution >= 4 is 16.2 Å². The molecule has 1 aliphatic heterocycles. The third-order valence-electron chi connectivity index (χ3n) is 3.67. The Labute approximate surface area is 120 Å². The van der Waals surface area contributed by atoms with Crippen LogP contribution in [0, 0.1) is 11.8 Å². The van der Waals surface area contributed by atoms with E-state index in [-0.39, 0.29) is 12.2 Å². The minimum Gasteiger partial charge on any atom is -0.444 e. The van der Waals surface area contributed by atoms with Gasteiger partial charge in [0, 0.05) is 13.1 Å². The molecule has 0 aromatic rings. The molecule has 0 N–H and O–H groups in total. The molecule has 0 aromatic carbocycles. The van der Waals surface area contributed by atoms with Gasteiger partial charge in [0.25, 0.3) is 10.1 Å². The van der Waals surface area contributed by atoms with Crippen molar-refractivity contribution in [3.8, 4) is 0 Å². The lowest BCUT2D eigenvalue weighted by atomic mass is 10.0. The largest absolute Gasteiger partial charge is 0.444 e. The molecule has 3 atom stereocenters. The van der Waals surface area contributed by atoms with Crippen molar-refractivity contribution in [2.24, 2.45) is 11.8 Å². The summed E-state index contributed by atoms with van der Waals surface area (Å²) in [5.41, 5.74) is -0.489. The van der Waals surface area contributed by atoms with E-state index in [2.05, 4.69) is 0 Å². The summed E-state index contributed by atoms with van der Waals surface area (Å²) < 4.78 is 32.7. The summed E-state index contributed by atoms with van der Waals surface area (Å²) in [6.07, 6.45) is 1.94. The number of ether oxygens (including phenoxy) is 1. The van der Waals surface area contributed by atoms with Gasteiger partial charge in [-0.1, -0.05) is 0 Å². The van der Waals surface area contributed by atoms with Gasteiger partial charge in [-0.15, -0.1) is 0 Å². The molecule has 2 rings (SSSR count). The van der Waals surface area contributed by atoms with Gasteiger partial charge in [-0.3, -0.25) is 4.18 Å². The first-order valence-electron chi connectivity index (χ1n) is 6.90. The zero-order valence-electron chi connectivity index (χ0n) is 12.5. The lowest BCUT2D eigenvalue weighted by Crippen LogP contribution is -2.36. The molecule has 0 bridgehead atoms. The van der Waals surface area contributed by atoms with Crippen molar-refractivity contribution < 1.29 is 22.1 Å². The molecule has 1 heterocycles. The highest BCUT2D eigenvalue weighted by Crippen LogP contribution is 2.40. The highest BCUT2D eigenvalue weighted by molar-refractivity contribution is 7.86. The fourth-order valence-electron chi connectivity index (χ4n) is 3.05. The standard InChI is InChI=1S/C13H23NO5S/c1-13(2,3)18-12(15)14-7-9-5-11(6-10(9)8-14)19-20(4,16)17/h9-11H,5-8H2,1-4H3/t9-,10?,11?/m0/s1. The van der Waals surface area contributed by atoms with E-state index in [0.717, 1.165) is 6.26 Å². The molecule has 0 radical (unpaired) electrons. The Hall–Kier alpha value is -0.820. The summed E-state index contributed by atoms with van der Waals surface area (Å²) in [6.45, 7) is 6.79. The van der Waals surface area contributed by atoms with Gasteiger partial charge in [-0.05, 0) is 45.4 Å².